The molecule has 1 aliphatic rings. The molecule has 1 aromatic heterocycles. The molecule has 1 heterocycles. The van der Waals surface area contributed by atoms with Gasteiger partial charge in [-0.2, -0.15) is 0 Å². The second-order valence-corrected chi connectivity index (χ2v) is 6.05. The van der Waals surface area contributed by atoms with E-state index in [9.17, 15) is 9.18 Å². The Bertz CT molecular complexity index is 617. The Morgan fingerprint density at radius 1 is 1.37 bits per heavy atom. The summed E-state index contributed by atoms with van der Waals surface area (Å²) >= 11 is 1.45. The lowest BCUT2D eigenvalue weighted by Crippen LogP contribution is -2.27. The average Bonchev–Trinajstić information content (AvgIpc) is 3.10. The molecule has 1 N–H and O–H groups in total. The predicted octanol–water partition coefficient (Wildman–Crippen LogP) is 3.26. The van der Waals surface area contributed by atoms with Gasteiger partial charge >= 0.3 is 0 Å². The molecule has 3 nitrogen and oxygen atoms in total. The van der Waals surface area contributed by atoms with Gasteiger partial charge in [0.15, 0.2) is 5.13 Å². The van der Waals surface area contributed by atoms with Crippen molar-refractivity contribution in [2.45, 2.75) is 25.2 Å². The molecule has 0 saturated heterocycles. The van der Waals surface area contributed by atoms with Gasteiger partial charge in [-0.1, -0.05) is 12.1 Å². The van der Waals surface area contributed by atoms with Gasteiger partial charge in [0.25, 0.3) is 0 Å². The summed E-state index contributed by atoms with van der Waals surface area (Å²) in [6.07, 6.45) is 3.33. The number of hydrogen-bond donors (Lipinski definition) is 1. The topological polar surface area (TPSA) is 42.0 Å². The molecule has 0 atom stereocenters. The standard InChI is InChI=1S/C14H13FN2OS/c1-9-8-16-13(19-9)17-12(18)14(6-7-14)10-2-4-11(15)5-3-10/h2-5,8H,6-7H2,1H3,(H,16,17,18). The highest BCUT2D eigenvalue weighted by Crippen LogP contribution is 2.49. The molecule has 1 aromatic carbocycles. The number of aromatic nitrogens is 1. The summed E-state index contributed by atoms with van der Waals surface area (Å²) in [5.74, 6) is -0.330. The van der Waals surface area contributed by atoms with E-state index < -0.39 is 5.41 Å². The molecule has 0 bridgehead atoms. The number of anilines is 1. The molecule has 3 rings (SSSR count). The number of carbonyl (C=O) groups excluding carboxylic acids is 1. The molecular weight excluding hydrogens is 263 g/mol. The first-order chi connectivity index (χ1) is 9.10. The Balaban J connectivity index is 1.81. The summed E-state index contributed by atoms with van der Waals surface area (Å²) in [5, 5.41) is 3.47. The van der Waals surface area contributed by atoms with E-state index in [0.29, 0.717) is 5.13 Å². The predicted molar refractivity (Wildman–Crippen MR) is 72.8 cm³/mol. The first-order valence-corrected chi connectivity index (χ1v) is 6.92. The summed E-state index contributed by atoms with van der Waals surface area (Å²) in [6.45, 7) is 1.94. The summed E-state index contributed by atoms with van der Waals surface area (Å²) in [5.41, 5.74) is 0.382. The van der Waals surface area contributed by atoms with Crippen molar-refractivity contribution >= 4 is 22.4 Å². The maximum absolute atomic E-state index is 12.9. The van der Waals surface area contributed by atoms with Crippen molar-refractivity contribution < 1.29 is 9.18 Å². The molecule has 0 aliphatic heterocycles. The highest BCUT2D eigenvalue weighted by molar-refractivity contribution is 7.15. The summed E-state index contributed by atoms with van der Waals surface area (Å²) < 4.78 is 12.9. The van der Waals surface area contributed by atoms with Crippen LogP contribution in [0, 0.1) is 12.7 Å². The van der Waals surface area contributed by atoms with E-state index in [1.54, 1.807) is 18.3 Å². The number of amides is 1. The maximum Gasteiger partial charge on any atom is 0.236 e. The van der Waals surface area contributed by atoms with E-state index in [0.717, 1.165) is 23.3 Å². The van der Waals surface area contributed by atoms with Gasteiger partial charge < -0.3 is 5.32 Å². The fourth-order valence-electron chi connectivity index (χ4n) is 2.17. The number of rotatable bonds is 3. The van der Waals surface area contributed by atoms with Crippen LogP contribution in [-0.2, 0) is 10.2 Å². The highest BCUT2D eigenvalue weighted by atomic mass is 32.1. The lowest BCUT2D eigenvalue weighted by atomic mass is 9.95. The molecule has 19 heavy (non-hydrogen) atoms. The highest BCUT2D eigenvalue weighted by Gasteiger charge is 2.51. The quantitative estimate of drug-likeness (QED) is 0.935. The average molecular weight is 276 g/mol. The van der Waals surface area contributed by atoms with Gasteiger partial charge in [-0.15, -0.1) is 11.3 Å². The fraction of sp³-hybridized carbons (Fsp3) is 0.286. The molecule has 1 aliphatic carbocycles. The van der Waals surface area contributed by atoms with Crippen LogP contribution in [0.25, 0.3) is 0 Å². The third kappa shape index (κ3) is 2.26. The van der Waals surface area contributed by atoms with E-state index >= 15 is 0 Å². The van der Waals surface area contributed by atoms with Crippen LogP contribution in [0.15, 0.2) is 30.5 Å². The smallest absolute Gasteiger partial charge is 0.236 e. The fourth-order valence-corrected chi connectivity index (χ4v) is 2.83. The number of halogens is 1. The van der Waals surface area contributed by atoms with Gasteiger partial charge in [-0.25, -0.2) is 9.37 Å². The summed E-state index contributed by atoms with van der Waals surface area (Å²) in [7, 11) is 0. The number of aryl methyl sites for hydroxylation is 1. The van der Waals surface area contributed by atoms with Gasteiger partial charge in [-0.3, -0.25) is 4.79 Å². The SMILES string of the molecule is Cc1cnc(NC(=O)C2(c3ccc(F)cc3)CC2)s1. The van der Waals surface area contributed by atoms with Gasteiger partial charge in [0.05, 0.1) is 5.41 Å². The van der Waals surface area contributed by atoms with Crippen molar-refractivity contribution in [3.8, 4) is 0 Å². The van der Waals surface area contributed by atoms with Crippen LogP contribution in [0.1, 0.15) is 23.3 Å². The van der Waals surface area contributed by atoms with Crippen molar-refractivity contribution in [3.63, 3.8) is 0 Å². The molecule has 5 heteroatoms. The molecule has 0 spiro atoms. The van der Waals surface area contributed by atoms with Crippen LogP contribution in [0.2, 0.25) is 0 Å². The first-order valence-electron chi connectivity index (χ1n) is 6.10. The second kappa shape index (κ2) is 4.42. The zero-order chi connectivity index (χ0) is 13.5. The molecule has 1 saturated carbocycles. The monoisotopic (exact) mass is 276 g/mol. The number of hydrogen-bond acceptors (Lipinski definition) is 3. The van der Waals surface area contributed by atoms with Crippen molar-refractivity contribution in [2.75, 3.05) is 5.32 Å². The maximum atomic E-state index is 12.9. The summed E-state index contributed by atoms with van der Waals surface area (Å²) in [4.78, 5) is 17.5. The number of benzene rings is 1. The Kier molecular flexibility index (Phi) is 2.86. The normalized spacial score (nSPS) is 16.1. The van der Waals surface area contributed by atoms with Gasteiger partial charge in [0.2, 0.25) is 5.91 Å². The minimum atomic E-state index is -0.493. The van der Waals surface area contributed by atoms with E-state index in [-0.39, 0.29) is 11.7 Å². The molecule has 1 fully saturated rings. The molecule has 0 unspecified atom stereocenters. The number of nitrogens with one attached hydrogen (secondary N) is 1. The van der Waals surface area contributed by atoms with Crippen molar-refractivity contribution in [2.24, 2.45) is 0 Å². The van der Waals surface area contributed by atoms with Crippen molar-refractivity contribution in [1.82, 2.24) is 4.98 Å². The zero-order valence-corrected chi connectivity index (χ0v) is 11.3. The Hall–Kier alpha value is -1.75. The zero-order valence-electron chi connectivity index (χ0n) is 10.4. The van der Waals surface area contributed by atoms with Crippen LogP contribution in [-0.4, -0.2) is 10.9 Å². The van der Waals surface area contributed by atoms with E-state index in [4.69, 9.17) is 0 Å². The second-order valence-electron chi connectivity index (χ2n) is 4.82. The van der Waals surface area contributed by atoms with Crippen LogP contribution in [0.3, 0.4) is 0 Å². The molecule has 0 radical (unpaired) electrons. The minimum absolute atomic E-state index is 0.0477. The first kappa shape index (κ1) is 12.3. The van der Waals surface area contributed by atoms with Gasteiger partial charge in [-0.05, 0) is 37.5 Å². The molecule has 2 aromatic rings. The van der Waals surface area contributed by atoms with E-state index in [2.05, 4.69) is 10.3 Å². The Morgan fingerprint density at radius 3 is 2.58 bits per heavy atom. The Labute approximate surface area is 114 Å². The molecule has 98 valence electrons. The largest absolute Gasteiger partial charge is 0.301 e. The summed E-state index contributed by atoms with van der Waals surface area (Å²) in [6, 6.07) is 6.18. The third-order valence-corrected chi connectivity index (χ3v) is 4.25. The third-order valence-electron chi connectivity index (χ3n) is 3.42. The van der Waals surface area contributed by atoms with Gasteiger partial charge in [0.1, 0.15) is 5.82 Å². The number of nitrogens with zero attached hydrogens (tertiary/aromatic N) is 1. The molecular formula is C14H13FN2OS. The van der Waals surface area contributed by atoms with Crippen LogP contribution < -0.4 is 5.32 Å². The van der Waals surface area contributed by atoms with Crippen molar-refractivity contribution in [3.05, 3.63) is 46.7 Å². The number of thiazole rings is 1. The minimum Gasteiger partial charge on any atom is -0.301 e. The van der Waals surface area contributed by atoms with Crippen LogP contribution >= 0.6 is 11.3 Å². The number of carbonyl (C=O) groups is 1. The van der Waals surface area contributed by atoms with Gasteiger partial charge in [0, 0.05) is 11.1 Å². The Morgan fingerprint density at radius 2 is 2.05 bits per heavy atom. The molecule has 1 amide bonds. The lowest BCUT2D eigenvalue weighted by Gasteiger charge is -2.14. The van der Waals surface area contributed by atoms with E-state index in [1.807, 2.05) is 6.92 Å². The van der Waals surface area contributed by atoms with Crippen LogP contribution in [0.4, 0.5) is 9.52 Å². The van der Waals surface area contributed by atoms with Crippen LogP contribution in [0.5, 0.6) is 0 Å². The van der Waals surface area contributed by atoms with E-state index in [1.165, 1.54) is 23.5 Å². The van der Waals surface area contributed by atoms with Crippen molar-refractivity contribution in [1.29, 1.82) is 0 Å². The lowest BCUT2D eigenvalue weighted by molar-refractivity contribution is -0.118.